The summed E-state index contributed by atoms with van der Waals surface area (Å²) >= 11 is 0. The first-order chi connectivity index (χ1) is 12.8. The monoisotopic (exact) mass is 380 g/mol. The molecule has 2 unspecified atom stereocenters. The van der Waals surface area contributed by atoms with Gasteiger partial charge >= 0.3 is 18.0 Å². The summed E-state index contributed by atoms with van der Waals surface area (Å²) in [5.74, 6) is -1.57. The van der Waals surface area contributed by atoms with Gasteiger partial charge in [-0.1, -0.05) is 6.92 Å². The average Bonchev–Trinajstić information content (AvgIpc) is 2.65. The fourth-order valence-corrected chi connectivity index (χ4v) is 3.18. The molecule has 1 aromatic rings. The van der Waals surface area contributed by atoms with Crippen LogP contribution in [0, 0.1) is 11.8 Å². The lowest BCUT2D eigenvalue weighted by Crippen LogP contribution is -2.47. The van der Waals surface area contributed by atoms with Crippen LogP contribution in [0.2, 0.25) is 0 Å². The molecule has 148 valence electrons. The summed E-state index contributed by atoms with van der Waals surface area (Å²) in [7, 11) is 4.07. The Labute approximate surface area is 157 Å². The maximum absolute atomic E-state index is 12.7. The molecular formula is C18H24N2O7. The molecule has 2 rings (SSSR count). The number of carboxylic acids is 1. The number of nitrogens with zero attached hydrogens (tertiary/aromatic N) is 1. The third-order valence-electron chi connectivity index (χ3n) is 4.44. The van der Waals surface area contributed by atoms with Gasteiger partial charge in [-0.15, -0.1) is 0 Å². The van der Waals surface area contributed by atoms with Crippen molar-refractivity contribution in [3.8, 4) is 11.5 Å². The Hall–Kier alpha value is -2.97. The minimum absolute atomic E-state index is 0.0587. The van der Waals surface area contributed by atoms with E-state index in [1.165, 1.54) is 38.4 Å². The number of amides is 2. The SMILES string of the molecule is COC(=O)c1cc(NC(=O)N2CC(C)CC(C(=O)O)C2)c(OC)c(OC)c1. The van der Waals surface area contributed by atoms with E-state index in [0.29, 0.717) is 13.0 Å². The number of urea groups is 1. The Morgan fingerprint density at radius 3 is 2.41 bits per heavy atom. The van der Waals surface area contributed by atoms with Gasteiger partial charge in [0.05, 0.1) is 38.5 Å². The Balaban J connectivity index is 2.30. The minimum atomic E-state index is -0.925. The first kappa shape index (κ1) is 20.3. The molecule has 2 N–H and O–H groups in total. The number of likely N-dealkylation sites (tertiary alicyclic amines) is 1. The largest absolute Gasteiger partial charge is 0.493 e. The molecule has 0 spiro atoms. The molecule has 0 aromatic heterocycles. The summed E-state index contributed by atoms with van der Waals surface area (Å²) in [6, 6.07) is 2.40. The molecule has 2 amide bonds. The van der Waals surface area contributed by atoms with Gasteiger partial charge < -0.3 is 29.5 Å². The minimum Gasteiger partial charge on any atom is -0.493 e. The van der Waals surface area contributed by atoms with E-state index in [4.69, 9.17) is 14.2 Å². The number of carboxylic acid groups (broad SMARTS) is 1. The van der Waals surface area contributed by atoms with E-state index in [2.05, 4.69) is 5.32 Å². The van der Waals surface area contributed by atoms with Gasteiger partial charge in [-0.05, 0) is 24.5 Å². The van der Waals surface area contributed by atoms with Crippen molar-refractivity contribution < 1.29 is 33.7 Å². The van der Waals surface area contributed by atoms with E-state index >= 15 is 0 Å². The van der Waals surface area contributed by atoms with Crippen molar-refractivity contribution >= 4 is 23.7 Å². The van der Waals surface area contributed by atoms with E-state index in [0.717, 1.165) is 0 Å². The number of esters is 1. The van der Waals surface area contributed by atoms with E-state index < -0.39 is 23.9 Å². The van der Waals surface area contributed by atoms with Gasteiger partial charge in [0.2, 0.25) is 0 Å². The van der Waals surface area contributed by atoms with Gasteiger partial charge in [-0.3, -0.25) is 4.79 Å². The fourth-order valence-electron chi connectivity index (χ4n) is 3.18. The number of rotatable bonds is 5. The first-order valence-corrected chi connectivity index (χ1v) is 8.43. The van der Waals surface area contributed by atoms with Crippen molar-refractivity contribution in [3.05, 3.63) is 17.7 Å². The third-order valence-corrected chi connectivity index (χ3v) is 4.44. The van der Waals surface area contributed by atoms with Crippen LogP contribution < -0.4 is 14.8 Å². The van der Waals surface area contributed by atoms with Crippen LogP contribution in [0.15, 0.2) is 12.1 Å². The van der Waals surface area contributed by atoms with Crippen molar-refractivity contribution in [3.63, 3.8) is 0 Å². The number of piperidine rings is 1. The summed E-state index contributed by atoms with van der Waals surface area (Å²) in [4.78, 5) is 37.3. The highest BCUT2D eigenvalue weighted by molar-refractivity contribution is 5.97. The molecule has 27 heavy (non-hydrogen) atoms. The molecule has 9 nitrogen and oxygen atoms in total. The molecule has 9 heteroatoms. The van der Waals surface area contributed by atoms with E-state index in [9.17, 15) is 19.5 Å². The van der Waals surface area contributed by atoms with Gasteiger partial charge in [-0.25, -0.2) is 9.59 Å². The lowest BCUT2D eigenvalue weighted by atomic mass is 9.91. The highest BCUT2D eigenvalue weighted by Gasteiger charge is 2.32. The molecule has 1 heterocycles. The predicted octanol–water partition coefficient (Wildman–Crippen LogP) is 2.06. The van der Waals surface area contributed by atoms with Gasteiger partial charge in [0.25, 0.3) is 0 Å². The topological polar surface area (TPSA) is 114 Å². The zero-order valence-corrected chi connectivity index (χ0v) is 15.8. The molecular weight excluding hydrogens is 356 g/mol. The smallest absolute Gasteiger partial charge is 0.338 e. The molecule has 0 bridgehead atoms. The van der Waals surface area contributed by atoms with Crippen LogP contribution in [0.3, 0.4) is 0 Å². The molecule has 1 saturated heterocycles. The van der Waals surface area contributed by atoms with Gasteiger partial charge in [0.1, 0.15) is 0 Å². The maximum Gasteiger partial charge on any atom is 0.338 e. The second kappa shape index (κ2) is 8.61. The van der Waals surface area contributed by atoms with E-state index in [-0.39, 0.29) is 35.2 Å². The zero-order chi connectivity index (χ0) is 20.1. The molecule has 0 radical (unpaired) electrons. The van der Waals surface area contributed by atoms with Crippen molar-refractivity contribution in [2.75, 3.05) is 39.7 Å². The molecule has 1 aliphatic heterocycles. The number of ether oxygens (including phenoxy) is 3. The van der Waals surface area contributed by atoms with Crippen molar-refractivity contribution in [1.82, 2.24) is 4.90 Å². The summed E-state index contributed by atoms with van der Waals surface area (Å²) < 4.78 is 15.2. The van der Waals surface area contributed by atoms with Crippen LogP contribution in [-0.2, 0) is 9.53 Å². The van der Waals surface area contributed by atoms with Crippen molar-refractivity contribution in [1.29, 1.82) is 0 Å². The highest BCUT2D eigenvalue weighted by atomic mass is 16.5. The molecule has 0 saturated carbocycles. The molecule has 1 aliphatic rings. The Morgan fingerprint density at radius 2 is 1.85 bits per heavy atom. The standard InChI is InChI=1S/C18H24N2O7/c1-10-5-12(16(21)22)9-20(8-10)18(24)19-13-6-11(17(23)27-4)7-14(25-2)15(13)26-3/h6-7,10,12H,5,8-9H2,1-4H3,(H,19,24)(H,21,22). The first-order valence-electron chi connectivity index (χ1n) is 8.43. The number of aliphatic carboxylic acids is 1. The lowest BCUT2D eigenvalue weighted by molar-refractivity contribution is -0.143. The van der Waals surface area contributed by atoms with Crippen LogP contribution in [0.4, 0.5) is 10.5 Å². The highest BCUT2D eigenvalue weighted by Crippen LogP contribution is 2.37. The van der Waals surface area contributed by atoms with Gasteiger partial charge in [0.15, 0.2) is 11.5 Å². The van der Waals surface area contributed by atoms with Crippen LogP contribution in [0.1, 0.15) is 23.7 Å². The number of methoxy groups -OCH3 is 3. The van der Waals surface area contributed by atoms with E-state index in [1.807, 2.05) is 6.92 Å². The number of anilines is 1. The summed E-state index contributed by atoms with van der Waals surface area (Å²) in [5, 5.41) is 12.0. The normalized spacial score (nSPS) is 19.2. The Bertz CT molecular complexity index is 735. The van der Waals surface area contributed by atoms with Gasteiger partial charge in [-0.2, -0.15) is 0 Å². The maximum atomic E-state index is 12.7. The molecule has 1 aromatic carbocycles. The number of hydrogen-bond acceptors (Lipinski definition) is 6. The zero-order valence-electron chi connectivity index (χ0n) is 15.8. The summed E-state index contributed by atoms with van der Waals surface area (Å²) in [5.41, 5.74) is 0.410. The number of carbonyl (C=O) groups excluding carboxylic acids is 2. The third kappa shape index (κ3) is 4.60. The van der Waals surface area contributed by atoms with Crippen molar-refractivity contribution in [2.45, 2.75) is 13.3 Å². The summed E-state index contributed by atoms with van der Waals surface area (Å²) in [6.45, 7) is 2.45. The van der Waals surface area contributed by atoms with Crippen LogP contribution in [0.5, 0.6) is 11.5 Å². The number of nitrogens with one attached hydrogen (secondary N) is 1. The molecule has 1 fully saturated rings. The lowest BCUT2D eigenvalue weighted by Gasteiger charge is -2.34. The van der Waals surface area contributed by atoms with Gasteiger partial charge in [0, 0.05) is 13.1 Å². The number of benzene rings is 1. The second-order valence-corrected chi connectivity index (χ2v) is 6.46. The van der Waals surface area contributed by atoms with Crippen LogP contribution >= 0.6 is 0 Å². The fraction of sp³-hybridized carbons (Fsp3) is 0.500. The average molecular weight is 380 g/mol. The van der Waals surface area contributed by atoms with Crippen LogP contribution in [0.25, 0.3) is 0 Å². The molecule has 2 atom stereocenters. The van der Waals surface area contributed by atoms with Crippen molar-refractivity contribution in [2.24, 2.45) is 11.8 Å². The number of carbonyl (C=O) groups is 3. The van der Waals surface area contributed by atoms with E-state index in [1.54, 1.807) is 0 Å². The molecule has 0 aliphatic carbocycles. The predicted molar refractivity (Wildman–Crippen MR) is 96.4 cm³/mol. The summed E-state index contributed by atoms with van der Waals surface area (Å²) in [6.07, 6.45) is 0.522. The van der Waals surface area contributed by atoms with Crippen LogP contribution in [-0.4, -0.2) is 62.4 Å². The number of hydrogen-bond donors (Lipinski definition) is 2. The quantitative estimate of drug-likeness (QED) is 0.752. The Morgan fingerprint density at radius 1 is 1.15 bits per heavy atom. The Kier molecular flexibility index (Phi) is 6.49. The second-order valence-electron chi connectivity index (χ2n) is 6.46.